The van der Waals surface area contributed by atoms with Gasteiger partial charge < -0.3 is 20.1 Å². The van der Waals surface area contributed by atoms with Gasteiger partial charge >= 0.3 is 0 Å². The Bertz CT molecular complexity index is 256. The average molecular weight is 244 g/mol. The molecule has 1 fully saturated rings. The third-order valence-electron chi connectivity index (χ3n) is 2.66. The van der Waals surface area contributed by atoms with E-state index in [-0.39, 0.29) is 17.6 Å². The molecule has 17 heavy (non-hydrogen) atoms. The van der Waals surface area contributed by atoms with Crippen LogP contribution in [0, 0.1) is 0 Å². The van der Waals surface area contributed by atoms with E-state index in [2.05, 4.69) is 10.6 Å². The van der Waals surface area contributed by atoms with E-state index in [0.29, 0.717) is 13.2 Å². The molecular weight excluding hydrogens is 220 g/mol. The first kappa shape index (κ1) is 14.4. The molecule has 0 aromatic rings. The maximum atomic E-state index is 11.5. The third kappa shape index (κ3) is 5.02. The zero-order valence-corrected chi connectivity index (χ0v) is 11.2. The summed E-state index contributed by atoms with van der Waals surface area (Å²) < 4.78 is 11.4. The molecule has 0 aromatic carbocycles. The maximum absolute atomic E-state index is 11.5. The van der Waals surface area contributed by atoms with Crippen LogP contribution in [-0.2, 0) is 14.3 Å². The summed E-state index contributed by atoms with van der Waals surface area (Å²) in [5, 5.41) is 6.03. The van der Waals surface area contributed by atoms with Crippen LogP contribution in [0.1, 0.15) is 27.7 Å². The lowest BCUT2D eigenvalue weighted by molar-refractivity contribution is -0.145. The van der Waals surface area contributed by atoms with E-state index >= 15 is 0 Å². The number of ether oxygens (including phenoxy) is 2. The predicted molar refractivity (Wildman–Crippen MR) is 65.9 cm³/mol. The largest absolute Gasteiger partial charge is 0.367 e. The molecule has 2 atom stereocenters. The second kappa shape index (κ2) is 6.33. The highest BCUT2D eigenvalue weighted by Crippen LogP contribution is 2.15. The van der Waals surface area contributed by atoms with E-state index in [1.807, 2.05) is 20.8 Å². The lowest BCUT2D eigenvalue weighted by Gasteiger charge is -2.36. The normalized spacial score (nSPS) is 25.3. The van der Waals surface area contributed by atoms with Gasteiger partial charge in [0.1, 0.15) is 6.10 Å². The number of carbonyl (C=O) groups is 1. The van der Waals surface area contributed by atoms with Crippen molar-refractivity contribution >= 4 is 5.91 Å². The fourth-order valence-corrected chi connectivity index (χ4v) is 1.81. The Balaban J connectivity index is 2.28. The maximum Gasteiger partial charge on any atom is 0.248 e. The second-order valence-electron chi connectivity index (χ2n) is 5.00. The van der Waals surface area contributed by atoms with Gasteiger partial charge in [0.15, 0.2) is 0 Å². The van der Waals surface area contributed by atoms with E-state index in [4.69, 9.17) is 9.47 Å². The molecular formula is C12H24N2O3. The van der Waals surface area contributed by atoms with Crippen molar-refractivity contribution in [3.63, 3.8) is 0 Å². The van der Waals surface area contributed by atoms with Crippen molar-refractivity contribution in [2.45, 2.75) is 45.5 Å². The minimum atomic E-state index is -0.427. The Morgan fingerprint density at radius 1 is 1.65 bits per heavy atom. The fourth-order valence-electron chi connectivity index (χ4n) is 1.81. The van der Waals surface area contributed by atoms with Crippen LogP contribution in [0.2, 0.25) is 0 Å². The highest BCUT2D eigenvalue weighted by atomic mass is 16.6. The van der Waals surface area contributed by atoms with E-state index < -0.39 is 6.10 Å². The molecule has 2 unspecified atom stereocenters. The van der Waals surface area contributed by atoms with Gasteiger partial charge in [-0.25, -0.2) is 0 Å². The molecule has 5 nitrogen and oxygen atoms in total. The van der Waals surface area contributed by atoms with Gasteiger partial charge in [-0.3, -0.25) is 4.79 Å². The van der Waals surface area contributed by atoms with Crippen molar-refractivity contribution in [1.82, 2.24) is 10.6 Å². The van der Waals surface area contributed by atoms with Crippen LogP contribution in [-0.4, -0.2) is 50.0 Å². The molecule has 0 aliphatic carbocycles. The van der Waals surface area contributed by atoms with E-state index in [1.165, 1.54) is 0 Å². The zero-order valence-electron chi connectivity index (χ0n) is 11.2. The molecule has 1 amide bonds. The molecule has 0 spiro atoms. The van der Waals surface area contributed by atoms with Gasteiger partial charge in [0.2, 0.25) is 5.91 Å². The smallest absolute Gasteiger partial charge is 0.248 e. The monoisotopic (exact) mass is 244 g/mol. The first-order valence-electron chi connectivity index (χ1n) is 6.22. The Kier molecular flexibility index (Phi) is 5.36. The summed E-state index contributed by atoms with van der Waals surface area (Å²) in [4.78, 5) is 11.5. The molecule has 2 N–H and O–H groups in total. The Morgan fingerprint density at radius 2 is 2.35 bits per heavy atom. The molecule has 5 heteroatoms. The van der Waals surface area contributed by atoms with Gasteiger partial charge in [-0.05, 0) is 27.7 Å². The molecule has 1 heterocycles. The van der Waals surface area contributed by atoms with E-state index in [1.54, 1.807) is 6.92 Å². The number of hydrogen-bond donors (Lipinski definition) is 2. The van der Waals surface area contributed by atoms with Crippen molar-refractivity contribution in [3.8, 4) is 0 Å². The summed E-state index contributed by atoms with van der Waals surface area (Å²) in [6, 6.07) is 0. The van der Waals surface area contributed by atoms with Crippen molar-refractivity contribution in [1.29, 1.82) is 0 Å². The minimum absolute atomic E-state index is 0.00984. The second-order valence-corrected chi connectivity index (χ2v) is 5.00. The lowest BCUT2D eigenvalue weighted by Crippen LogP contribution is -2.52. The first-order chi connectivity index (χ1) is 7.94. The Labute approximate surface area is 103 Å². The van der Waals surface area contributed by atoms with Crippen LogP contribution < -0.4 is 10.6 Å². The van der Waals surface area contributed by atoms with Crippen LogP contribution in [0.4, 0.5) is 0 Å². The van der Waals surface area contributed by atoms with Gasteiger partial charge in [-0.15, -0.1) is 0 Å². The summed E-state index contributed by atoms with van der Waals surface area (Å²) in [6.07, 6.45) is -0.417. The van der Waals surface area contributed by atoms with Crippen LogP contribution in [0.15, 0.2) is 0 Å². The molecule has 1 aliphatic heterocycles. The number of nitrogens with one attached hydrogen (secondary N) is 2. The number of rotatable bonds is 5. The summed E-state index contributed by atoms with van der Waals surface area (Å²) in [6.45, 7) is 10.4. The zero-order chi connectivity index (χ0) is 12.9. The van der Waals surface area contributed by atoms with Crippen LogP contribution >= 0.6 is 0 Å². The minimum Gasteiger partial charge on any atom is -0.367 e. The van der Waals surface area contributed by atoms with Gasteiger partial charge in [-0.1, -0.05) is 0 Å². The highest BCUT2D eigenvalue weighted by Gasteiger charge is 2.29. The number of hydrogen-bond acceptors (Lipinski definition) is 4. The standard InChI is InChI=1S/C12H24N2O3/c1-5-14-11(15)9(2)16-7-10-6-13-8-12(3,4)17-10/h9-10,13H,5-8H2,1-4H3,(H,14,15). The summed E-state index contributed by atoms with van der Waals surface area (Å²) in [5.74, 6) is -0.0736. The van der Waals surface area contributed by atoms with Crippen molar-refractivity contribution < 1.29 is 14.3 Å². The number of likely N-dealkylation sites (N-methyl/N-ethyl adjacent to an activating group) is 1. The van der Waals surface area contributed by atoms with Gasteiger partial charge in [0.05, 0.1) is 18.3 Å². The number of amides is 1. The highest BCUT2D eigenvalue weighted by molar-refractivity contribution is 5.80. The molecule has 0 saturated carbocycles. The predicted octanol–water partition coefficient (Wildman–Crippen LogP) is 0.295. The summed E-state index contributed by atoms with van der Waals surface area (Å²) >= 11 is 0. The van der Waals surface area contributed by atoms with Crippen molar-refractivity contribution in [2.75, 3.05) is 26.2 Å². The molecule has 1 rings (SSSR count). The van der Waals surface area contributed by atoms with Gasteiger partial charge in [0.25, 0.3) is 0 Å². The first-order valence-corrected chi connectivity index (χ1v) is 6.22. The number of morpholine rings is 1. The van der Waals surface area contributed by atoms with Crippen LogP contribution in [0.5, 0.6) is 0 Å². The average Bonchev–Trinajstić information content (AvgIpc) is 2.25. The SMILES string of the molecule is CCNC(=O)C(C)OCC1CNCC(C)(C)O1. The van der Waals surface area contributed by atoms with E-state index in [0.717, 1.165) is 13.1 Å². The molecule has 0 radical (unpaired) electrons. The summed E-state index contributed by atoms with van der Waals surface area (Å²) in [7, 11) is 0. The van der Waals surface area contributed by atoms with Gasteiger partial charge in [-0.2, -0.15) is 0 Å². The lowest BCUT2D eigenvalue weighted by atomic mass is 10.1. The molecule has 0 bridgehead atoms. The van der Waals surface area contributed by atoms with Gasteiger partial charge in [0, 0.05) is 19.6 Å². The quantitative estimate of drug-likeness (QED) is 0.730. The van der Waals surface area contributed by atoms with Crippen LogP contribution in [0.3, 0.4) is 0 Å². The Hall–Kier alpha value is -0.650. The van der Waals surface area contributed by atoms with Crippen LogP contribution in [0.25, 0.3) is 0 Å². The third-order valence-corrected chi connectivity index (χ3v) is 2.66. The molecule has 1 saturated heterocycles. The fraction of sp³-hybridized carbons (Fsp3) is 0.917. The summed E-state index contributed by atoms with van der Waals surface area (Å²) in [5.41, 5.74) is -0.165. The number of carbonyl (C=O) groups excluding carboxylic acids is 1. The molecule has 1 aliphatic rings. The molecule has 0 aromatic heterocycles. The Morgan fingerprint density at radius 3 is 2.94 bits per heavy atom. The van der Waals surface area contributed by atoms with Crippen molar-refractivity contribution in [2.24, 2.45) is 0 Å². The topological polar surface area (TPSA) is 59.6 Å². The molecule has 100 valence electrons. The van der Waals surface area contributed by atoms with Crippen molar-refractivity contribution in [3.05, 3.63) is 0 Å². The van der Waals surface area contributed by atoms with E-state index in [9.17, 15) is 4.79 Å².